The zero-order valence-electron chi connectivity index (χ0n) is 10.8. The number of aromatic carboxylic acids is 1. The summed E-state index contributed by atoms with van der Waals surface area (Å²) in [5.74, 6) is -0.164. The third-order valence-electron chi connectivity index (χ3n) is 4.21. The molecule has 0 bridgehead atoms. The van der Waals surface area contributed by atoms with E-state index in [1.165, 1.54) is 19.3 Å². The molecule has 0 spiro atoms. The van der Waals surface area contributed by atoms with E-state index in [0.717, 1.165) is 17.7 Å². The predicted octanol–water partition coefficient (Wildman–Crippen LogP) is 2.46. The number of hydrogen-bond donors (Lipinski definition) is 1. The van der Waals surface area contributed by atoms with Gasteiger partial charge in [0.05, 0.1) is 5.56 Å². The molecule has 1 heterocycles. The van der Waals surface area contributed by atoms with Crippen LogP contribution >= 0.6 is 0 Å². The molecule has 1 aromatic rings. The van der Waals surface area contributed by atoms with Gasteiger partial charge in [-0.1, -0.05) is 6.42 Å². The Bertz CT molecular complexity index is 534. The number of anilines is 1. The normalized spacial score (nSPS) is 18.0. The summed E-state index contributed by atoms with van der Waals surface area (Å²) in [7, 11) is 0. The van der Waals surface area contributed by atoms with E-state index in [1.54, 1.807) is 18.2 Å². The molecule has 0 aromatic heterocycles. The summed E-state index contributed by atoms with van der Waals surface area (Å²) in [6.07, 6.45) is 4.98. The topological polar surface area (TPSA) is 57.6 Å². The minimum absolute atomic E-state index is 0.187. The highest BCUT2D eigenvalue weighted by Gasteiger charge is 2.28. The molecule has 1 N–H and O–H groups in total. The highest BCUT2D eigenvalue weighted by atomic mass is 16.4. The molecule has 1 aliphatic carbocycles. The van der Waals surface area contributed by atoms with Crippen LogP contribution in [-0.2, 0) is 11.2 Å². The monoisotopic (exact) mass is 259 g/mol. The van der Waals surface area contributed by atoms with Gasteiger partial charge in [-0.2, -0.15) is 0 Å². The zero-order chi connectivity index (χ0) is 13.4. The van der Waals surface area contributed by atoms with Crippen molar-refractivity contribution >= 4 is 17.6 Å². The van der Waals surface area contributed by atoms with Gasteiger partial charge in [-0.25, -0.2) is 4.79 Å². The van der Waals surface area contributed by atoms with Crippen LogP contribution in [0.1, 0.15) is 41.6 Å². The van der Waals surface area contributed by atoms with Crippen molar-refractivity contribution in [3.8, 4) is 0 Å². The molecule has 3 rings (SSSR count). The van der Waals surface area contributed by atoms with Gasteiger partial charge in [0.2, 0.25) is 5.91 Å². The van der Waals surface area contributed by atoms with Crippen LogP contribution in [0.15, 0.2) is 18.2 Å². The summed E-state index contributed by atoms with van der Waals surface area (Å²) in [5, 5.41) is 8.97. The number of carboxylic acid groups (broad SMARTS) is 1. The van der Waals surface area contributed by atoms with E-state index < -0.39 is 5.97 Å². The molecule has 1 aliphatic heterocycles. The van der Waals surface area contributed by atoms with Crippen LogP contribution < -0.4 is 4.90 Å². The third kappa shape index (κ3) is 2.23. The molecule has 2 aliphatic rings. The van der Waals surface area contributed by atoms with Crippen LogP contribution in [-0.4, -0.2) is 23.5 Å². The molecule has 0 radical (unpaired) electrons. The molecule has 4 heteroatoms. The lowest BCUT2D eigenvalue weighted by Crippen LogP contribution is -2.31. The number of fused-ring (bicyclic) bond motifs is 1. The van der Waals surface area contributed by atoms with Crippen LogP contribution in [0.25, 0.3) is 0 Å². The van der Waals surface area contributed by atoms with Gasteiger partial charge in [-0.3, -0.25) is 4.79 Å². The summed E-state index contributed by atoms with van der Waals surface area (Å²) in [4.78, 5) is 25.0. The Labute approximate surface area is 112 Å². The molecule has 1 amide bonds. The first kappa shape index (κ1) is 12.2. The summed E-state index contributed by atoms with van der Waals surface area (Å²) >= 11 is 0. The number of carbonyl (C=O) groups excluding carboxylic acids is 1. The third-order valence-corrected chi connectivity index (χ3v) is 4.21. The van der Waals surface area contributed by atoms with E-state index >= 15 is 0 Å². The van der Waals surface area contributed by atoms with Gasteiger partial charge in [-0.15, -0.1) is 0 Å². The fraction of sp³-hybridized carbons (Fsp3) is 0.467. The molecule has 1 aromatic carbocycles. The standard InChI is InChI=1S/C15H17NO3/c17-14(8-10-2-1-3-10)16-7-6-11-9-12(15(18)19)4-5-13(11)16/h4-5,9-10H,1-3,6-8H2,(H,18,19). The fourth-order valence-electron chi connectivity index (χ4n) is 2.85. The summed E-state index contributed by atoms with van der Waals surface area (Å²) in [6.45, 7) is 0.684. The van der Waals surface area contributed by atoms with Crippen molar-refractivity contribution < 1.29 is 14.7 Å². The molecule has 0 unspecified atom stereocenters. The van der Waals surface area contributed by atoms with E-state index in [4.69, 9.17) is 5.11 Å². The van der Waals surface area contributed by atoms with Crippen LogP contribution in [0.2, 0.25) is 0 Å². The van der Waals surface area contributed by atoms with Crippen molar-refractivity contribution in [3.63, 3.8) is 0 Å². The number of amides is 1. The molecule has 19 heavy (non-hydrogen) atoms. The van der Waals surface area contributed by atoms with Gasteiger partial charge < -0.3 is 10.0 Å². The average molecular weight is 259 g/mol. The Morgan fingerprint density at radius 1 is 1.32 bits per heavy atom. The second-order valence-corrected chi connectivity index (χ2v) is 5.45. The maximum atomic E-state index is 12.2. The van der Waals surface area contributed by atoms with Crippen LogP contribution in [0.5, 0.6) is 0 Å². The molecule has 4 nitrogen and oxygen atoms in total. The van der Waals surface area contributed by atoms with Gasteiger partial charge in [0.15, 0.2) is 0 Å². The van der Waals surface area contributed by atoms with E-state index in [9.17, 15) is 9.59 Å². The van der Waals surface area contributed by atoms with E-state index in [2.05, 4.69) is 0 Å². The van der Waals surface area contributed by atoms with Gasteiger partial charge in [-0.05, 0) is 48.9 Å². The summed E-state index contributed by atoms with van der Waals surface area (Å²) in [5.41, 5.74) is 2.17. The number of nitrogens with zero attached hydrogens (tertiary/aromatic N) is 1. The quantitative estimate of drug-likeness (QED) is 0.907. The van der Waals surface area contributed by atoms with Crippen molar-refractivity contribution in [3.05, 3.63) is 29.3 Å². The first-order valence-corrected chi connectivity index (χ1v) is 6.82. The SMILES string of the molecule is O=C(O)c1ccc2c(c1)CCN2C(=O)CC1CCC1. The Hall–Kier alpha value is -1.84. The van der Waals surface area contributed by atoms with Gasteiger partial charge in [0, 0.05) is 18.7 Å². The second-order valence-electron chi connectivity index (χ2n) is 5.45. The summed E-state index contributed by atoms with van der Waals surface area (Å²) in [6, 6.07) is 5.04. The second kappa shape index (κ2) is 4.68. The Morgan fingerprint density at radius 3 is 2.74 bits per heavy atom. The van der Waals surface area contributed by atoms with Gasteiger partial charge in [0.1, 0.15) is 0 Å². The highest BCUT2D eigenvalue weighted by Crippen LogP contribution is 2.33. The van der Waals surface area contributed by atoms with Gasteiger partial charge >= 0.3 is 5.97 Å². The largest absolute Gasteiger partial charge is 0.478 e. The van der Waals surface area contributed by atoms with Crippen molar-refractivity contribution in [1.82, 2.24) is 0 Å². The molecule has 1 fully saturated rings. The average Bonchev–Trinajstić information content (AvgIpc) is 2.76. The lowest BCUT2D eigenvalue weighted by Gasteiger charge is -2.27. The predicted molar refractivity (Wildman–Crippen MR) is 71.4 cm³/mol. The van der Waals surface area contributed by atoms with Crippen molar-refractivity contribution in [2.75, 3.05) is 11.4 Å². The molecule has 100 valence electrons. The van der Waals surface area contributed by atoms with Crippen LogP contribution in [0, 0.1) is 5.92 Å². The van der Waals surface area contributed by atoms with Gasteiger partial charge in [0.25, 0.3) is 0 Å². The highest BCUT2D eigenvalue weighted by molar-refractivity contribution is 5.97. The Morgan fingerprint density at radius 2 is 2.11 bits per heavy atom. The number of hydrogen-bond acceptors (Lipinski definition) is 2. The number of rotatable bonds is 3. The number of carboxylic acids is 1. The maximum Gasteiger partial charge on any atom is 0.335 e. The Kier molecular flexibility index (Phi) is 3.01. The Balaban J connectivity index is 1.77. The number of benzene rings is 1. The van der Waals surface area contributed by atoms with Crippen molar-refractivity contribution in [1.29, 1.82) is 0 Å². The minimum Gasteiger partial charge on any atom is -0.478 e. The van der Waals surface area contributed by atoms with Crippen molar-refractivity contribution in [2.24, 2.45) is 5.92 Å². The molecule has 0 saturated heterocycles. The smallest absolute Gasteiger partial charge is 0.335 e. The first-order valence-electron chi connectivity index (χ1n) is 6.82. The molecular weight excluding hydrogens is 242 g/mol. The minimum atomic E-state index is -0.915. The van der Waals surface area contributed by atoms with E-state index in [0.29, 0.717) is 24.4 Å². The zero-order valence-corrected chi connectivity index (χ0v) is 10.8. The molecule has 0 atom stereocenters. The lowest BCUT2D eigenvalue weighted by atomic mass is 9.82. The molecule has 1 saturated carbocycles. The lowest BCUT2D eigenvalue weighted by molar-refractivity contribution is -0.120. The first-order chi connectivity index (χ1) is 9.15. The van der Waals surface area contributed by atoms with Crippen LogP contribution in [0.4, 0.5) is 5.69 Å². The summed E-state index contributed by atoms with van der Waals surface area (Å²) < 4.78 is 0. The van der Waals surface area contributed by atoms with E-state index in [-0.39, 0.29) is 5.91 Å². The van der Waals surface area contributed by atoms with Crippen LogP contribution in [0.3, 0.4) is 0 Å². The number of carbonyl (C=O) groups is 2. The van der Waals surface area contributed by atoms with Crippen molar-refractivity contribution in [2.45, 2.75) is 32.1 Å². The van der Waals surface area contributed by atoms with E-state index in [1.807, 2.05) is 4.90 Å². The maximum absolute atomic E-state index is 12.2. The molecular formula is C15H17NO3. The fourth-order valence-corrected chi connectivity index (χ4v) is 2.85.